The van der Waals surface area contributed by atoms with Gasteiger partial charge in [-0.15, -0.1) is 11.8 Å². The lowest BCUT2D eigenvalue weighted by Gasteiger charge is -2.10. The van der Waals surface area contributed by atoms with Gasteiger partial charge in [-0.2, -0.15) is 5.26 Å². The third-order valence-electron chi connectivity index (χ3n) is 2.45. The largest absolute Gasteiger partial charge is 0.384 e. The van der Waals surface area contributed by atoms with Gasteiger partial charge in [0.25, 0.3) is 0 Å². The van der Waals surface area contributed by atoms with Gasteiger partial charge in [0, 0.05) is 17.7 Å². The van der Waals surface area contributed by atoms with Crippen molar-refractivity contribution in [3.63, 3.8) is 0 Å². The summed E-state index contributed by atoms with van der Waals surface area (Å²) in [5.74, 6) is 1.07. The Bertz CT molecular complexity index is 562. The summed E-state index contributed by atoms with van der Waals surface area (Å²) in [5, 5.41) is 12.3. The third-order valence-corrected chi connectivity index (χ3v) is 4.42. The van der Waals surface area contributed by atoms with Crippen molar-refractivity contribution in [2.75, 3.05) is 29.6 Å². The summed E-state index contributed by atoms with van der Waals surface area (Å²) < 4.78 is 22.0. The van der Waals surface area contributed by atoms with Crippen molar-refractivity contribution >= 4 is 27.3 Å². The van der Waals surface area contributed by atoms with E-state index in [2.05, 4.69) is 11.4 Å². The van der Waals surface area contributed by atoms with E-state index in [1.807, 2.05) is 25.1 Å². The maximum absolute atomic E-state index is 11.0. The molecule has 0 radical (unpaired) electrons. The van der Waals surface area contributed by atoms with E-state index in [0.717, 1.165) is 16.3 Å². The molecule has 104 valence electrons. The molecule has 0 aliphatic heterocycles. The molecule has 0 unspecified atom stereocenters. The molecule has 1 N–H and O–H groups in total. The first-order valence-electron chi connectivity index (χ1n) is 6.05. The van der Waals surface area contributed by atoms with E-state index in [1.54, 1.807) is 11.8 Å². The number of rotatable bonds is 7. The highest BCUT2D eigenvalue weighted by atomic mass is 32.2. The second-order valence-electron chi connectivity index (χ2n) is 4.13. The van der Waals surface area contributed by atoms with E-state index in [9.17, 15) is 13.7 Å². The molecule has 1 aromatic rings. The van der Waals surface area contributed by atoms with E-state index < -0.39 is 9.84 Å². The summed E-state index contributed by atoms with van der Waals surface area (Å²) in [5.41, 5.74) is 1.41. The molecule has 0 amide bonds. The first kappa shape index (κ1) is 15.9. The van der Waals surface area contributed by atoms with Gasteiger partial charge in [0.2, 0.25) is 0 Å². The molecule has 0 spiro atoms. The van der Waals surface area contributed by atoms with E-state index in [1.165, 1.54) is 6.26 Å². The summed E-state index contributed by atoms with van der Waals surface area (Å²) >= 11 is 1.63. The predicted octanol–water partition coefficient (Wildman–Crippen LogP) is 2.52. The zero-order chi connectivity index (χ0) is 14.3. The fraction of sp³-hybridized carbons (Fsp3) is 0.462. The van der Waals surface area contributed by atoms with Crippen LogP contribution in [0.4, 0.5) is 5.69 Å². The highest BCUT2D eigenvalue weighted by Gasteiger charge is 2.08. The molecule has 0 fully saturated rings. The van der Waals surface area contributed by atoms with Gasteiger partial charge >= 0.3 is 0 Å². The van der Waals surface area contributed by atoms with Gasteiger partial charge in [-0.3, -0.25) is 0 Å². The van der Waals surface area contributed by atoms with Gasteiger partial charge in [0.05, 0.1) is 17.0 Å². The summed E-state index contributed by atoms with van der Waals surface area (Å²) in [6.07, 6.45) is 1.76. The molecule has 19 heavy (non-hydrogen) atoms. The lowest BCUT2D eigenvalue weighted by Crippen LogP contribution is -2.10. The van der Waals surface area contributed by atoms with Crippen LogP contribution < -0.4 is 5.32 Å². The Labute approximate surface area is 119 Å². The summed E-state index contributed by atoms with van der Waals surface area (Å²) in [6.45, 7) is 2.58. The maximum Gasteiger partial charge on any atom is 0.147 e. The number of anilines is 1. The Morgan fingerprint density at radius 1 is 1.42 bits per heavy atom. The monoisotopic (exact) mass is 298 g/mol. The Morgan fingerprint density at radius 2 is 2.16 bits per heavy atom. The minimum atomic E-state index is -2.92. The Balaban J connectivity index is 2.68. The van der Waals surface area contributed by atoms with Crippen LogP contribution in [0, 0.1) is 11.3 Å². The summed E-state index contributed by atoms with van der Waals surface area (Å²) in [6, 6.07) is 7.88. The smallest absolute Gasteiger partial charge is 0.147 e. The van der Waals surface area contributed by atoms with Crippen LogP contribution in [-0.4, -0.2) is 32.7 Å². The predicted molar refractivity (Wildman–Crippen MR) is 80.4 cm³/mol. The number of nitrogens with one attached hydrogen (secondary N) is 1. The van der Waals surface area contributed by atoms with Crippen LogP contribution in [0.5, 0.6) is 0 Å². The lowest BCUT2D eigenvalue weighted by molar-refractivity contribution is 0.600. The Kier molecular flexibility index (Phi) is 6.19. The van der Waals surface area contributed by atoms with Crippen LogP contribution in [0.3, 0.4) is 0 Å². The first-order valence-corrected chi connectivity index (χ1v) is 9.10. The molecule has 1 rings (SSSR count). The van der Waals surface area contributed by atoms with Crippen molar-refractivity contribution in [1.29, 1.82) is 5.26 Å². The van der Waals surface area contributed by atoms with Gasteiger partial charge in [0.1, 0.15) is 15.9 Å². The molecule has 6 heteroatoms. The number of thioether (sulfide) groups is 1. The highest BCUT2D eigenvalue weighted by Crippen LogP contribution is 2.27. The van der Waals surface area contributed by atoms with E-state index >= 15 is 0 Å². The van der Waals surface area contributed by atoms with Gasteiger partial charge in [0.15, 0.2) is 0 Å². The first-order chi connectivity index (χ1) is 8.98. The average Bonchev–Trinajstić information content (AvgIpc) is 2.34. The van der Waals surface area contributed by atoms with Gasteiger partial charge in [-0.25, -0.2) is 8.42 Å². The number of nitrogens with zero attached hydrogens (tertiary/aromatic N) is 1. The number of nitriles is 1. The van der Waals surface area contributed by atoms with Gasteiger partial charge < -0.3 is 5.32 Å². The fourth-order valence-corrected chi connectivity index (χ4v) is 3.08. The molecule has 4 nitrogen and oxygen atoms in total. The molecular weight excluding hydrogens is 280 g/mol. The van der Waals surface area contributed by atoms with Crippen molar-refractivity contribution in [2.45, 2.75) is 18.2 Å². The molecule has 0 saturated heterocycles. The zero-order valence-electron chi connectivity index (χ0n) is 11.1. The van der Waals surface area contributed by atoms with Crippen LogP contribution >= 0.6 is 11.8 Å². The molecule has 0 aliphatic carbocycles. The van der Waals surface area contributed by atoms with Crippen molar-refractivity contribution in [3.8, 4) is 6.07 Å². The third kappa shape index (κ3) is 5.53. The van der Waals surface area contributed by atoms with Crippen molar-refractivity contribution < 1.29 is 8.42 Å². The molecule has 0 saturated carbocycles. The number of hydrogen-bond donors (Lipinski definition) is 1. The second kappa shape index (κ2) is 7.41. The standard InChI is InChI=1S/C13H18N2O2S2/c1-3-18-13-7-4-6-12(11(13)10-14)15-8-5-9-19(2,16)17/h4,6-7,15H,3,5,8-9H2,1-2H3. The Hall–Kier alpha value is -1.19. The van der Waals surface area contributed by atoms with Crippen LogP contribution in [0.1, 0.15) is 18.9 Å². The SMILES string of the molecule is CCSc1cccc(NCCCS(C)(=O)=O)c1C#N. The molecule has 1 aromatic carbocycles. The van der Waals surface area contributed by atoms with Crippen LogP contribution in [-0.2, 0) is 9.84 Å². The van der Waals surface area contributed by atoms with Crippen LogP contribution in [0.2, 0.25) is 0 Å². The van der Waals surface area contributed by atoms with E-state index in [4.69, 9.17) is 0 Å². The van der Waals surface area contributed by atoms with E-state index in [-0.39, 0.29) is 5.75 Å². The summed E-state index contributed by atoms with van der Waals surface area (Å²) in [7, 11) is -2.92. The average molecular weight is 298 g/mol. The quantitative estimate of drug-likeness (QED) is 0.618. The zero-order valence-corrected chi connectivity index (χ0v) is 12.8. The molecule has 0 bridgehead atoms. The molecule has 0 heterocycles. The van der Waals surface area contributed by atoms with Crippen LogP contribution in [0.25, 0.3) is 0 Å². The fourth-order valence-electron chi connectivity index (χ4n) is 1.63. The Morgan fingerprint density at radius 3 is 2.74 bits per heavy atom. The highest BCUT2D eigenvalue weighted by molar-refractivity contribution is 7.99. The summed E-state index contributed by atoms with van der Waals surface area (Å²) in [4.78, 5) is 0.957. The van der Waals surface area contributed by atoms with E-state index in [0.29, 0.717) is 18.5 Å². The van der Waals surface area contributed by atoms with Gasteiger partial charge in [-0.05, 0) is 24.3 Å². The normalized spacial score (nSPS) is 11.0. The minimum absolute atomic E-state index is 0.158. The van der Waals surface area contributed by atoms with Crippen molar-refractivity contribution in [2.24, 2.45) is 0 Å². The maximum atomic E-state index is 11.0. The molecule has 0 aromatic heterocycles. The molecular formula is C13H18N2O2S2. The molecule has 0 atom stereocenters. The number of hydrogen-bond acceptors (Lipinski definition) is 5. The topological polar surface area (TPSA) is 70.0 Å². The molecule has 0 aliphatic rings. The minimum Gasteiger partial charge on any atom is -0.384 e. The van der Waals surface area contributed by atoms with Gasteiger partial charge in [-0.1, -0.05) is 13.0 Å². The van der Waals surface area contributed by atoms with Crippen LogP contribution in [0.15, 0.2) is 23.1 Å². The second-order valence-corrected chi connectivity index (χ2v) is 7.70. The number of sulfone groups is 1. The van der Waals surface area contributed by atoms with Crippen molar-refractivity contribution in [3.05, 3.63) is 23.8 Å². The lowest BCUT2D eigenvalue weighted by atomic mass is 10.2. The number of benzene rings is 1. The van der Waals surface area contributed by atoms with Crippen molar-refractivity contribution in [1.82, 2.24) is 0 Å².